The molecule has 1 unspecified atom stereocenters. The van der Waals surface area contributed by atoms with E-state index in [-0.39, 0.29) is 12.5 Å². The zero-order valence-corrected chi connectivity index (χ0v) is 16.3. The molecule has 1 aromatic rings. The summed E-state index contributed by atoms with van der Waals surface area (Å²) in [7, 11) is 0. The van der Waals surface area contributed by atoms with Gasteiger partial charge in [0, 0.05) is 12.5 Å². The average molecular weight is 375 g/mol. The summed E-state index contributed by atoms with van der Waals surface area (Å²) in [6.45, 7) is 10.5. The topological polar surface area (TPSA) is 65.1 Å². The van der Waals surface area contributed by atoms with Crippen LogP contribution >= 0.6 is 0 Å². The Morgan fingerprint density at radius 3 is 2.59 bits per heavy atom. The van der Waals surface area contributed by atoms with Gasteiger partial charge in [0.2, 0.25) is 0 Å². The number of nitrogens with zero attached hydrogens (tertiary/aromatic N) is 1. The number of ether oxygens (including phenoxy) is 3. The van der Waals surface area contributed by atoms with E-state index in [9.17, 15) is 9.59 Å². The SMILES string of the molecule is C=CCOCC1C[C@@H](C(=O)OCc2ccccc2)N(C(=O)OC(C)(C)C)C1. The number of carbonyl (C=O) groups excluding carboxylic acids is 2. The first-order valence-corrected chi connectivity index (χ1v) is 9.19. The summed E-state index contributed by atoms with van der Waals surface area (Å²) >= 11 is 0. The lowest BCUT2D eigenvalue weighted by Crippen LogP contribution is -2.44. The van der Waals surface area contributed by atoms with Gasteiger partial charge in [0.05, 0.1) is 13.2 Å². The fraction of sp³-hybridized carbons (Fsp3) is 0.524. The highest BCUT2D eigenvalue weighted by Crippen LogP contribution is 2.27. The van der Waals surface area contributed by atoms with Gasteiger partial charge in [-0.1, -0.05) is 36.4 Å². The molecule has 1 saturated heterocycles. The normalized spacial score (nSPS) is 19.6. The van der Waals surface area contributed by atoms with Crippen LogP contribution in [0, 0.1) is 5.92 Å². The standard InChI is InChI=1S/C21H29NO5/c1-5-11-25-14-17-12-18(22(13-17)20(24)27-21(2,3)4)19(23)26-15-16-9-7-6-8-10-16/h5-10,17-18H,1,11-15H2,2-4H3/t17?,18-/m0/s1. The predicted molar refractivity (Wildman–Crippen MR) is 102 cm³/mol. The van der Waals surface area contributed by atoms with Crippen LogP contribution in [0.5, 0.6) is 0 Å². The smallest absolute Gasteiger partial charge is 0.411 e. The quantitative estimate of drug-likeness (QED) is 0.414. The van der Waals surface area contributed by atoms with Crippen LogP contribution in [0.2, 0.25) is 0 Å². The molecule has 148 valence electrons. The molecule has 0 aromatic heterocycles. The molecule has 1 amide bonds. The molecule has 1 aliphatic rings. The second-order valence-electron chi connectivity index (χ2n) is 7.67. The highest BCUT2D eigenvalue weighted by molar-refractivity contribution is 5.82. The third-order valence-electron chi connectivity index (χ3n) is 4.10. The zero-order valence-electron chi connectivity index (χ0n) is 16.3. The van der Waals surface area contributed by atoms with Gasteiger partial charge >= 0.3 is 12.1 Å². The lowest BCUT2D eigenvalue weighted by Gasteiger charge is -2.27. The summed E-state index contributed by atoms with van der Waals surface area (Å²) in [5.74, 6) is -0.373. The third-order valence-corrected chi connectivity index (χ3v) is 4.10. The first-order valence-electron chi connectivity index (χ1n) is 9.19. The highest BCUT2D eigenvalue weighted by atomic mass is 16.6. The summed E-state index contributed by atoms with van der Waals surface area (Å²) in [5, 5.41) is 0. The molecule has 2 rings (SSSR count). The lowest BCUT2D eigenvalue weighted by atomic mass is 10.1. The molecule has 2 atom stereocenters. The fourth-order valence-electron chi connectivity index (χ4n) is 2.93. The van der Waals surface area contributed by atoms with E-state index in [0.717, 1.165) is 5.56 Å². The van der Waals surface area contributed by atoms with Crippen LogP contribution in [-0.2, 0) is 25.6 Å². The van der Waals surface area contributed by atoms with Crippen LogP contribution in [0.15, 0.2) is 43.0 Å². The number of hydrogen-bond acceptors (Lipinski definition) is 5. The average Bonchev–Trinajstić information content (AvgIpc) is 3.04. The number of benzene rings is 1. The van der Waals surface area contributed by atoms with Crippen molar-refractivity contribution in [1.29, 1.82) is 0 Å². The van der Waals surface area contributed by atoms with Crippen molar-refractivity contribution in [2.24, 2.45) is 5.92 Å². The number of hydrogen-bond donors (Lipinski definition) is 0. The summed E-state index contributed by atoms with van der Waals surface area (Å²) in [5.41, 5.74) is 0.269. The number of likely N-dealkylation sites (tertiary alicyclic amines) is 1. The van der Waals surface area contributed by atoms with Gasteiger partial charge in [-0.05, 0) is 32.8 Å². The Morgan fingerprint density at radius 1 is 1.26 bits per heavy atom. The van der Waals surface area contributed by atoms with Gasteiger partial charge < -0.3 is 14.2 Å². The maximum atomic E-state index is 12.6. The molecule has 0 aliphatic carbocycles. The van der Waals surface area contributed by atoms with Crippen molar-refractivity contribution in [3.8, 4) is 0 Å². The van der Waals surface area contributed by atoms with E-state index in [4.69, 9.17) is 14.2 Å². The van der Waals surface area contributed by atoms with Crippen molar-refractivity contribution < 1.29 is 23.8 Å². The molecule has 6 heteroatoms. The van der Waals surface area contributed by atoms with Gasteiger partial charge in [-0.2, -0.15) is 0 Å². The Labute approximate surface area is 161 Å². The maximum absolute atomic E-state index is 12.6. The van der Waals surface area contributed by atoms with Crippen LogP contribution in [-0.4, -0.2) is 48.4 Å². The van der Waals surface area contributed by atoms with Crippen LogP contribution in [0.25, 0.3) is 0 Å². The molecule has 0 spiro atoms. The van der Waals surface area contributed by atoms with Crippen molar-refractivity contribution in [3.05, 3.63) is 48.6 Å². The molecule has 0 N–H and O–H groups in total. The molecule has 0 saturated carbocycles. The largest absolute Gasteiger partial charge is 0.459 e. The van der Waals surface area contributed by atoms with Gasteiger partial charge in [0.1, 0.15) is 18.2 Å². The van der Waals surface area contributed by atoms with Crippen LogP contribution in [0.4, 0.5) is 4.79 Å². The molecule has 27 heavy (non-hydrogen) atoms. The Kier molecular flexibility index (Phi) is 7.42. The Morgan fingerprint density at radius 2 is 1.96 bits per heavy atom. The third kappa shape index (κ3) is 6.71. The van der Waals surface area contributed by atoms with Crippen molar-refractivity contribution >= 4 is 12.1 Å². The Bertz CT molecular complexity index is 638. The monoisotopic (exact) mass is 375 g/mol. The van der Waals surface area contributed by atoms with Crippen molar-refractivity contribution in [2.45, 2.75) is 45.4 Å². The Hall–Kier alpha value is -2.34. The molecular formula is C21H29NO5. The molecule has 1 aromatic carbocycles. The van der Waals surface area contributed by atoms with E-state index in [0.29, 0.717) is 26.2 Å². The van der Waals surface area contributed by atoms with Crippen molar-refractivity contribution in [3.63, 3.8) is 0 Å². The minimum atomic E-state index is -0.666. The number of amides is 1. The van der Waals surface area contributed by atoms with E-state index in [1.807, 2.05) is 30.3 Å². The van der Waals surface area contributed by atoms with Gasteiger partial charge in [0.25, 0.3) is 0 Å². The van der Waals surface area contributed by atoms with Gasteiger partial charge in [-0.15, -0.1) is 6.58 Å². The molecule has 6 nitrogen and oxygen atoms in total. The van der Waals surface area contributed by atoms with Crippen LogP contribution < -0.4 is 0 Å². The van der Waals surface area contributed by atoms with Gasteiger partial charge in [-0.3, -0.25) is 4.90 Å². The van der Waals surface area contributed by atoms with E-state index >= 15 is 0 Å². The minimum absolute atomic E-state index is 0.0479. The number of carbonyl (C=O) groups is 2. The van der Waals surface area contributed by atoms with Gasteiger partial charge in [0.15, 0.2) is 0 Å². The highest BCUT2D eigenvalue weighted by Gasteiger charge is 2.42. The first-order chi connectivity index (χ1) is 12.8. The molecule has 0 bridgehead atoms. The Balaban J connectivity index is 2.02. The second-order valence-corrected chi connectivity index (χ2v) is 7.67. The zero-order chi connectivity index (χ0) is 19.9. The van der Waals surface area contributed by atoms with Crippen LogP contribution in [0.3, 0.4) is 0 Å². The summed E-state index contributed by atoms with van der Waals surface area (Å²) in [6.07, 6.45) is 1.66. The summed E-state index contributed by atoms with van der Waals surface area (Å²) in [4.78, 5) is 26.7. The van der Waals surface area contributed by atoms with Gasteiger partial charge in [-0.25, -0.2) is 9.59 Å². The predicted octanol–water partition coefficient (Wildman–Crippen LogP) is 3.56. The van der Waals surface area contributed by atoms with Crippen LogP contribution in [0.1, 0.15) is 32.8 Å². The molecule has 0 radical (unpaired) electrons. The van der Waals surface area contributed by atoms with E-state index in [2.05, 4.69) is 6.58 Å². The summed E-state index contributed by atoms with van der Waals surface area (Å²) in [6, 6.07) is 8.79. The van der Waals surface area contributed by atoms with E-state index < -0.39 is 23.7 Å². The fourth-order valence-corrected chi connectivity index (χ4v) is 2.93. The second kappa shape index (κ2) is 9.55. The van der Waals surface area contributed by atoms with E-state index in [1.165, 1.54) is 4.90 Å². The maximum Gasteiger partial charge on any atom is 0.411 e. The molecule has 1 heterocycles. The lowest BCUT2D eigenvalue weighted by molar-refractivity contribution is -0.150. The minimum Gasteiger partial charge on any atom is -0.459 e. The molecule has 1 aliphatic heterocycles. The van der Waals surface area contributed by atoms with E-state index in [1.54, 1.807) is 26.8 Å². The molecule has 1 fully saturated rings. The summed E-state index contributed by atoms with van der Waals surface area (Å²) < 4.78 is 16.4. The van der Waals surface area contributed by atoms with Crippen molar-refractivity contribution in [1.82, 2.24) is 4.90 Å². The number of esters is 1. The van der Waals surface area contributed by atoms with Crippen molar-refractivity contribution in [2.75, 3.05) is 19.8 Å². The molecular weight excluding hydrogens is 346 g/mol. The number of rotatable bonds is 7. The first kappa shape index (κ1) is 21.0.